The Balaban J connectivity index is 1.70. The van der Waals surface area contributed by atoms with Gasteiger partial charge in [-0.05, 0) is 12.1 Å². The second kappa shape index (κ2) is 4.36. The number of aromatic nitrogens is 2. The van der Waals surface area contributed by atoms with Gasteiger partial charge in [-0.2, -0.15) is 0 Å². The van der Waals surface area contributed by atoms with Gasteiger partial charge in [0.15, 0.2) is 0 Å². The highest BCUT2D eigenvalue weighted by atomic mass is 15.5. The van der Waals surface area contributed by atoms with Crippen molar-refractivity contribution in [1.82, 2.24) is 20.0 Å². The first-order valence-corrected chi connectivity index (χ1v) is 7.73. The Bertz CT molecular complexity index is 988. The molecule has 1 atom stereocenters. The molecule has 3 aromatic rings. The van der Waals surface area contributed by atoms with Crippen molar-refractivity contribution in [2.45, 2.75) is 6.04 Å². The lowest BCUT2D eigenvalue weighted by molar-refractivity contribution is 0.253. The van der Waals surface area contributed by atoms with Crippen LogP contribution in [-0.4, -0.2) is 27.8 Å². The van der Waals surface area contributed by atoms with Gasteiger partial charge in [0.25, 0.3) is 0 Å². The summed E-state index contributed by atoms with van der Waals surface area (Å²) in [7, 11) is 4.14. The minimum atomic E-state index is 0.225. The van der Waals surface area contributed by atoms with E-state index in [2.05, 4.69) is 75.6 Å². The van der Waals surface area contributed by atoms with Gasteiger partial charge in [0.2, 0.25) is 0 Å². The van der Waals surface area contributed by atoms with E-state index in [-0.39, 0.29) is 6.04 Å². The zero-order chi connectivity index (χ0) is 15.6. The van der Waals surface area contributed by atoms with Gasteiger partial charge in [0, 0.05) is 66.0 Å². The van der Waals surface area contributed by atoms with E-state index in [0.29, 0.717) is 0 Å². The first kappa shape index (κ1) is 12.7. The molecular weight excluding hydrogens is 286 g/mol. The highest BCUT2D eigenvalue weighted by Crippen LogP contribution is 2.42. The Kier molecular flexibility index (Phi) is 2.41. The number of fused-ring (bicyclic) bond motifs is 4. The molecule has 2 aliphatic rings. The third kappa shape index (κ3) is 1.68. The number of para-hydroxylation sites is 1. The van der Waals surface area contributed by atoms with Gasteiger partial charge in [-0.25, -0.2) is 10.0 Å². The van der Waals surface area contributed by atoms with E-state index in [1.807, 2.05) is 12.4 Å². The lowest BCUT2D eigenvalue weighted by Gasteiger charge is -2.23. The third-order valence-electron chi connectivity index (χ3n) is 4.79. The third-order valence-corrected chi connectivity index (χ3v) is 4.79. The molecule has 5 heteroatoms. The molecular formula is C18H17N5. The number of nitrogens with zero attached hydrogens (tertiary/aromatic N) is 3. The number of benzene rings is 1. The fourth-order valence-electron chi connectivity index (χ4n) is 3.66. The molecule has 0 bridgehead atoms. The maximum Gasteiger partial charge on any atom is 0.135 e. The summed E-state index contributed by atoms with van der Waals surface area (Å²) in [4.78, 5) is 8.08. The average molecular weight is 303 g/mol. The number of hydrogen-bond donors (Lipinski definition) is 2. The molecule has 114 valence electrons. The zero-order valence-corrected chi connectivity index (χ0v) is 13.0. The summed E-state index contributed by atoms with van der Waals surface area (Å²) >= 11 is 0. The smallest absolute Gasteiger partial charge is 0.135 e. The minimum Gasteiger partial charge on any atom is -0.350 e. The number of hydrazine groups is 1. The van der Waals surface area contributed by atoms with Crippen LogP contribution in [0.2, 0.25) is 0 Å². The number of rotatable bonds is 1. The molecule has 2 aliphatic heterocycles. The van der Waals surface area contributed by atoms with Gasteiger partial charge in [-0.3, -0.25) is 0 Å². The summed E-state index contributed by atoms with van der Waals surface area (Å²) in [5.74, 6) is 0.950. The maximum atomic E-state index is 4.58. The van der Waals surface area contributed by atoms with E-state index in [1.54, 1.807) is 0 Å². The maximum absolute atomic E-state index is 4.58. The number of likely N-dealkylation sites (N-methyl/N-ethyl adjacent to an activating group) is 1. The standard InChI is InChI=1S/C18H17N5/c1-22-10-14(12-5-3-4-6-16(12)22)15-7-13-17-11(9-20-23(17)2)8-19-18(13)21-15/h3-10,17,20-21H,1-2H3. The van der Waals surface area contributed by atoms with E-state index in [0.717, 1.165) is 11.5 Å². The number of H-pyrrole nitrogens is 1. The molecule has 4 heterocycles. The van der Waals surface area contributed by atoms with Crippen LogP contribution in [0.15, 0.2) is 53.3 Å². The summed E-state index contributed by atoms with van der Waals surface area (Å²) in [6.45, 7) is 0. The van der Waals surface area contributed by atoms with Gasteiger partial charge in [0.1, 0.15) is 5.82 Å². The van der Waals surface area contributed by atoms with Gasteiger partial charge in [-0.1, -0.05) is 18.2 Å². The molecule has 2 aromatic heterocycles. The minimum absolute atomic E-state index is 0.225. The molecule has 0 saturated carbocycles. The SMILES string of the molecule is CN1NC=C2C=Nc3[nH]c(-c4cn(C)c5ccccc45)cc3C21. The van der Waals surface area contributed by atoms with Crippen molar-refractivity contribution in [3.8, 4) is 11.3 Å². The van der Waals surface area contributed by atoms with Gasteiger partial charge >= 0.3 is 0 Å². The molecule has 0 saturated heterocycles. The van der Waals surface area contributed by atoms with E-state index in [1.165, 1.54) is 27.6 Å². The molecule has 1 aromatic carbocycles. The van der Waals surface area contributed by atoms with Crippen molar-refractivity contribution >= 4 is 22.9 Å². The topological polar surface area (TPSA) is 48.4 Å². The number of aryl methyl sites for hydroxylation is 1. The Morgan fingerprint density at radius 2 is 2.04 bits per heavy atom. The average Bonchev–Trinajstić information content (AvgIpc) is 3.23. The summed E-state index contributed by atoms with van der Waals surface area (Å²) in [5.41, 5.74) is 9.23. The fraction of sp³-hybridized carbons (Fsp3) is 0.167. The molecule has 0 aliphatic carbocycles. The number of nitrogens with one attached hydrogen (secondary N) is 2. The predicted molar refractivity (Wildman–Crippen MR) is 92.6 cm³/mol. The van der Waals surface area contributed by atoms with Crippen LogP contribution < -0.4 is 5.43 Å². The van der Waals surface area contributed by atoms with Crippen LogP contribution in [0.25, 0.3) is 22.2 Å². The summed E-state index contributed by atoms with van der Waals surface area (Å²) in [5, 5.41) is 3.37. The van der Waals surface area contributed by atoms with Crippen molar-refractivity contribution in [3.05, 3.63) is 53.9 Å². The second-order valence-corrected chi connectivity index (χ2v) is 6.20. The molecule has 5 rings (SSSR count). The number of aromatic amines is 1. The Labute approximate surface area is 133 Å². The molecule has 0 radical (unpaired) electrons. The first-order valence-electron chi connectivity index (χ1n) is 7.73. The summed E-state index contributed by atoms with van der Waals surface area (Å²) < 4.78 is 2.17. The second-order valence-electron chi connectivity index (χ2n) is 6.20. The summed E-state index contributed by atoms with van der Waals surface area (Å²) in [6.07, 6.45) is 6.13. The van der Waals surface area contributed by atoms with E-state index < -0.39 is 0 Å². The van der Waals surface area contributed by atoms with Crippen LogP contribution >= 0.6 is 0 Å². The Morgan fingerprint density at radius 3 is 2.96 bits per heavy atom. The van der Waals surface area contributed by atoms with Crippen LogP contribution in [-0.2, 0) is 7.05 Å². The van der Waals surface area contributed by atoms with E-state index in [9.17, 15) is 0 Å². The highest BCUT2D eigenvalue weighted by Gasteiger charge is 2.31. The van der Waals surface area contributed by atoms with Gasteiger partial charge < -0.3 is 15.0 Å². The Hall–Kier alpha value is -2.79. The molecule has 0 spiro atoms. The van der Waals surface area contributed by atoms with Gasteiger partial charge in [0.05, 0.1) is 6.04 Å². The van der Waals surface area contributed by atoms with Crippen molar-refractivity contribution < 1.29 is 0 Å². The van der Waals surface area contributed by atoms with Crippen LogP contribution in [0.1, 0.15) is 11.6 Å². The van der Waals surface area contributed by atoms with Crippen molar-refractivity contribution in [2.24, 2.45) is 12.0 Å². The fourth-order valence-corrected chi connectivity index (χ4v) is 3.66. The predicted octanol–water partition coefficient (Wildman–Crippen LogP) is 3.26. The lowest BCUT2D eigenvalue weighted by Crippen LogP contribution is -2.29. The van der Waals surface area contributed by atoms with E-state index >= 15 is 0 Å². The Morgan fingerprint density at radius 1 is 1.17 bits per heavy atom. The van der Waals surface area contributed by atoms with Crippen molar-refractivity contribution in [2.75, 3.05) is 7.05 Å². The van der Waals surface area contributed by atoms with Crippen LogP contribution in [0.5, 0.6) is 0 Å². The first-order chi connectivity index (χ1) is 11.2. The summed E-state index contributed by atoms with van der Waals surface area (Å²) in [6, 6.07) is 10.9. The quantitative estimate of drug-likeness (QED) is 0.725. The normalized spacial score (nSPS) is 19.6. The van der Waals surface area contributed by atoms with Crippen LogP contribution in [0, 0.1) is 0 Å². The van der Waals surface area contributed by atoms with E-state index in [4.69, 9.17) is 0 Å². The molecule has 0 fully saturated rings. The molecule has 1 unspecified atom stereocenters. The van der Waals surface area contributed by atoms with Crippen molar-refractivity contribution in [1.29, 1.82) is 0 Å². The van der Waals surface area contributed by atoms with Gasteiger partial charge in [-0.15, -0.1) is 0 Å². The molecule has 0 amide bonds. The number of hydrogen-bond acceptors (Lipinski definition) is 3. The highest BCUT2D eigenvalue weighted by molar-refractivity contribution is 5.96. The van der Waals surface area contributed by atoms with Crippen LogP contribution in [0.3, 0.4) is 0 Å². The monoisotopic (exact) mass is 303 g/mol. The zero-order valence-electron chi connectivity index (χ0n) is 13.0. The molecule has 5 nitrogen and oxygen atoms in total. The van der Waals surface area contributed by atoms with Crippen molar-refractivity contribution in [3.63, 3.8) is 0 Å². The number of aliphatic imine (C=N–C) groups is 1. The van der Waals surface area contributed by atoms with Crippen LogP contribution in [0.4, 0.5) is 5.82 Å². The molecule has 2 N–H and O–H groups in total. The molecule has 23 heavy (non-hydrogen) atoms. The lowest BCUT2D eigenvalue weighted by atomic mass is 10.00. The largest absolute Gasteiger partial charge is 0.350 e.